The van der Waals surface area contributed by atoms with Crippen molar-refractivity contribution in [1.82, 2.24) is 14.3 Å². The molecule has 0 N–H and O–H groups in total. The Bertz CT molecular complexity index is 903. The Morgan fingerprint density at radius 1 is 1.25 bits per heavy atom. The number of carbonyl (C=O) groups is 1. The van der Waals surface area contributed by atoms with Crippen molar-refractivity contribution in [2.24, 2.45) is 0 Å². The quantitative estimate of drug-likeness (QED) is 0.534. The molecular weight excluding hydrogens is 308 g/mol. The van der Waals surface area contributed by atoms with E-state index in [0.717, 1.165) is 11.3 Å². The Hall–Kier alpha value is -3.22. The van der Waals surface area contributed by atoms with Crippen molar-refractivity contribution < 1.29 is 9.72 Å². The van der Waals surface area contributed by atoms with Gasteiger partial charge >= 0.3 is 0 Å². The Morgan fingerprint density at radius 2 is 2.00 bits per heavy atom. The van der Waals surface area contributed by atoms with Gasteiger partial charge in [0, 0.05) is 18.8 Å². The Balaban J connectivity index is 1.92. The van der Waals surface area contributed by atoms with E-state index in [1.165, 1.54) is 12.1 Å². The van der Waals surface area contributed by atoms with Crippen molar-refractivity contribution in [2.45, 2.75) is 13.5 Å². The Morgan fingerprint density at radius 3 is 2.75 bits per heavy atom. The van der Waals surface area contributed by atoms with Gasteiger partial charge in [-0.25, -0.2) is 4.98 Å². The average molecular weight is 324 g/mol. The average Bonchev–Trinajstić information content (AvgIpc) is 3.02. The molecule has 0 atom stereocenters. The van der Waals surface area contributed by atoms with Crippen LogP contribution in [-0.4, -0.2) is 31.7 Å². The zero-order chi connectivity index (χ0) is 17.1. The monoisotopic (exact) mass is 324 g/mol. The van der Waals surface area contributed by atoms with Crippen molar-refractivity contribution in [3.05, 3.63) is 76.2 Å². The molecule has 0 radical (unpaired) electrons. The van der Waals surface area contributed by atoms with Gasteiger partial charge in [-0.15, -0.1) is 0 Å². The first-order chi connectivity index (χ1) is 11.6. The summed E-state index contributed by atoms with van der Waals surface area (Å²) in [5, 5.41) is 11.1. The molecule has 122 valence electrons. The summed E-state index contributed by atoms with van der Waals surface area (Å²) in [7, 11) is 0. The fourth-order valence-electron chi connectivity index (χ4n) is 2.61. The highest BCUT2D eigenvalue weighted by atomic mass is 16.6. The smallest absolute Gasteiger partial charge is 0.282 e. The number of hydrogen-bond donors (Lipinski definition) is 0. The topological polar surface area (TPSA) is 80.8 Å². The van der Waals surface area contributed by atoms with Crippen LogP contribution in [0.2, 0.25) is 0 Å². The number of amides is 1. The summed E-state index contributed by atoms with van der Waals surface area (Å²) >= 11 is 0. The van der Waals surface area contributed by atoms with Crippen molar-refractivity contribution in [2.75, 3.05) is 6.54 Å². The van der Waals surface area contributed by atoms with Crippen molar-refractivity contribution in [1.29, 1.82) is 0 Å². The van der Waals surface area contributed by atoms with Crippen LogP contribution in [0, 0.1) is 10.1 Å². The highest BCUT2D eigenvalue weighted by Gasteiger charge is 2.24. The van der Waals surface area contributed by atoms with E-state index >= 15 is 0 Å². The summed E-state index contributed by atoms with van der Waals surface area (Å²) in [5.41, 5.74) is 1.55. The number of para-hydroxylation sites is 1. The summed E-state index contributed by atoms with van der Waals surface area (Å²) in [5.74, 6) is -0.365. The third kappa shape index (κ3) is 2.83. The molecule has 0 aliphatic carbocycles. The summed E-state index contributed by atoms with van der Waals surface area (Å²) < 4.78 is 1.90. The van der Waals surface area contributed by atoms with Crippen LogP contribution >= 0.6 is 0 Å². The number of carbonyl (C=O) groups excluding carboxylic acids is 1. The summed E-state index contributed by atoms with van der Waals surface area (Å²) in [6, 6.07) is 11.7. The minimum absolute atomic E-state index is 0.0955. The Kier molecular flexibility index (Phi) is 4.24. The SMILES string of the molecule is CCN(Cc1cnc2ccccn12)C(=O)c1ccccc1[N+](=O)[O-]. The zero-order valence-corrected chi connectivity index (χ0v) is 13.1. The molecule has 7 nitrogen and oxygen atoms in total. The van der Waals surface area contributed by atoms with E-state index in [0.29, 0.717) is 13.1 Å². The van der Waals surface area contributed by atoms with E-state index in [1.807, 2.05) is 35.7 Å². The largest absolute Gasteiger partial charge is 0.333 e. The number of rotatable bonds is 5. The fourth-order valence-corrected chi connectivity index (χ4v) is 2.61. The summed E-state index contributed by atoms with van der Waals surface area (Å²) in [4.78, 5) is 29.2. The molecule has 0 spiro atoms. The number of pyridine rings is 1. The predicted molar refractivity (Wildman–Crippen MR) is 88.7 cm³/mol. The third-order valence-electron chi connectivity index (χ3n) is 3.85. The van der Waals surface area contributed by atoms with Crippen molar-refractivity contribution in [3.63, 3.8) is 0 Å². The first kappa shape index (κ1) is 15.7. The molecule has 0 saturated heterocycles. The van der Waals surface area contributed by atoms with Gasteiger partial charge < -0.3 is 9.30 Å². The molecule has 7 heteroatoms. The lowest BCUT2D eigenvalue weighted by atomic mass is 10.1. The van der Waals surface area contributed by atoms with Crippen LogP contribution in [-0.2, 0) is 6.54 Å². The third-order valence-corrected chi connectivity index (χ3v) is 3.85. The maximum absolute atomic E-state index is 12.8. The number of nitrogens with zero attached hydrogens (tertiary/aromatic N) is 4. The molecule has 1 amide bonds. The lowest BCUT2D eigenvalue weighted by molar-refractivity contribution is -0.385. The number of fused-ring (bicyclic) bond motifs is 1. The number of hydrogen-bond acceptors (Lipinski definition) is 4. The minimum Gasteiger partial charge on any atom is -0.333 e. The van der Waals surface area contributed by atoms with Gasteiger partial charge in [0.2, 0.25) is 0 Å². The molecule has 24 heavy (non-hydrogen) atoms. The second kappa shape index (κ2) is 6.49. The van der Waals surface area contributed by atoms with E-state index in [2.05, 4.69) is 4.98 Å². The van der Waals surface area contributed by atoms with E-state index in [-0.39, 0.29) is 17.2 Å². The van der Waals surface area contributed by atoms with Gasteiger partial charge in [-0.05, 0) is 25.1 Å². The van der Waals surface area contributed by atoms with E-state index in [4.69, 9.17) is 0 Å². The van der Waals surface area contributed by atoms with Crippen LogP contribution in [0.3, 0.4) is 0 Å². The summed E-state index contributed by atoms with van der Waals surface area (Å²) in [6.45, 7) is 2.60. The van der Waals surface area contributed by atoms with Crippen molar-refractivity contribution in [3.8, 4) is 0 Å². The molecule has 1 aromatic carbocycles. The van der Waals surface area contributed by atoms with Gasteiger partial charge in [0.15, 0.2) is 0 Å². The lowest BCUT2D eigenvalue weighted by Crippen LogP contribution is -2.31. The van der Waals surface area contributed by atoms with E-state index in [9.17, 15) is 14.9 Å². The normalized spacial score (nSPS) is 10.7. The van der Waals surface area contributed by atoms with Crippen LogP contribution in [0.4, 0.5) is 5.69 Å². The molecule has 0 saturated carbocycles. The zero-order valence-electron chi connectivity index (χ0n) is 13.1. The second-order valence-electron chi connectivity index (χ2n) is 5.27. The van der Waals surface area contributed by atoms with Gasteiger partial charge in [0.25, 0.3) is 11.6 Å². The van der Waals surface area contributed by atoms with E-state index < -0.39 is 4.92 Å². The molecule has 0 unspecified atom stereocenters. The molecule has 0 aliphatic heterocycles. The van der Waals surface area contributed by atoms with Gasteiger partial charge in [-0.1, -0.05) is 18.2 Å². The van der Waals surface area contributed by atoms with E-state index in [1.54, 1.807) is 23.2 Å². The minimum atomic E-state index is -0.532. The van der Waals surface area contributed by atoms with Crippen LogP contribution in [0.5, 0.6) is 0 Å². The van der Waals surface area contributed by atoms with Gasteiger partial charge in [-0.2, -0.15) is 0 Å². The molecule has 3 rings (SSSR count). The predicted octanol–water partition coefficient (Wildman–Crippen LogP) is 2.90. The van der Waals surface area contributed by atoms with Crippen LogP contribution in [0.1, 0.15) is 23.0 Å². The van der Waals surface area contributed by atoms with Gasteiger partial charge in [0.05, 0.1) is 23.4 Å². The van der Waals surface area contributed by atoms with Crippen LogP contribution in [0.25, 0.3) is 5.65 Å². The number of nitro benzene ring substituents is 1. The molecule has 0 bridgehead atoms. The maximum Gasteiger partial charge on any atom is 0.282 e. The molecular formula is C17H16N4O3. The van der Waals surface area contributed by atoms with Crippen molar-refractivity contribution >= 4 is 17.2 Å². The number of aromatic nitrogens is 2. The van der Waals surface area contributed by atoms with Crippen LogP contribution < -0.4 is 0 Å². The molecule has 3 aromatic rings. The lowest BCUT2D eigenvalue weighted by Gasteiger charge is -2.20. The standard InChI is InChI=1S/C17H16N4O3/c1-2-19(12-13-11-18-16-9-5-6-10-20(13)16)17(22)14-7-3-4-8-15(14)21(23)24/h3-11H,2,12H2,1H3. The van der Waals surface area contributed by atoms with Gasteiger partial charge in [-0.3, -0.25) is 14.9 Å². The molecule has 0 fully saturated rings. The second-order valence-corrected chi connectivity index (χ2v) is 5.27. The maximum atomic E-state index is 12.8. The fraction of sp³-hybridized carbons (Fsp3) is 0.176. The first-order valence-corrected chi connectivity index (χ1v) is 7.55. The molecule has 2 aromatic heterocycles. The van der Waals surface area contributed by atoms with Gasteiger partial charge in [0.1, 0.15) is 11.2 Å². The number of benzene rings is 1. The number of nitro groups is 1. The number of imidazole rings is 1. The first-order valence-electron chi connectivity index (χ1n) is 7.55. The highest BCUT2D eigenvalue weighted by molar-refractivity contribution is 5.98. The highest BCUT2D eigenvalue weighted by Crippen LogP contribution is 2.20. The van der Waals surface area contributed by atoms with Crippen LogP contribution in [0.15, 0.2) is 54.9 Å². The Labute approximate surface area is 138 Å². The summed E-state index contributed by atoms with van der Waals surface area (Å²) in [6.07, 6.45) is 3.59. The molecule has 0 aliphatic rings. The molecule has 2 heterocycles.